The van der Waals surface area contributed by atoms with Crippen molar-refractivity contribution >= 4 is 52.5 Å². The molecule has 2 saturated heterocycles. The van der Waals surface area contributed by atoms with Crippen molar-refractivity contribution in [2.24, 2.45) is 0 Å². The third-order valence-corrected chi connectivity index (χ3v) is 7.02. The van der Waals surface area contributed by atoms with Gasteiger partial charge in [-0.05, 0) is 63.0 Å². The van der Waals surface area contributed by atoms with Crippen molar-refractivity contribution < 1.29 is 14.3 Å². The average Bonchev–Trinajstić information content (AvgIpc) is 3.22. The molecule has 1 aliphatic carbocycles. The third-order valence-electron chi connectivity index (χ3n) is 6.72. The molecule has 3 aliphatic rings. The molecule has 3 fully saturated rings. The number of aromatic nitrogens is 3. The molecule has 2 amide bonds. The first-order valence-electron chi connectivity index (χ1n) is 12.6. The molecule has 1 saturated carbocycles. The Bertz CT molecular complexity index is 1390. The van der Waals surface area contributed by atoms with E-state index in [1.165, 1.54) is 12.8 Å². The number of benzene rings is 1. The molecule has 1 aromatic carbocycles. The van der Waals surface area contributed by atoms with Crippen LogP contribution in [0.25, 0.3) is 11.7 Å². The van der Waals surface area contributed by atoms with Gasteiger partial charge in [0.2, 0.25) is 5.91 Å². The maximum atomic E-state index is 12.1. The number of anilines is 3. The zero-order valence-electron chi connectivity index (χ0n) is 20.3. The van der Waals surface area contributed by atoms with Crippen molar-refractivity contribution in [3.63, 3.8) is 0 Å². The second kappa shape index (κ2) is 10.0. The van der Waals surface area contributed by atoms with E-state index in [1.54, 1.807) is 16.8 Å². The maximum Gasteiger partial charge on any atom is 0.254 e. The molecule has 0 unspecified atom stereocenters. The summed E-state index contributed by atoms with van der Waals surface area (Å²) in [5.41, 5.74) is 2.39. The summed E-state index contributed by atoms with van der Waals surface area (Å²) in [5, 5.41) is 14.1. The lowest BCUT2D eigenvalue weighted by molar-refractivity contribution is -0.124. The Morgan fingerprint density at radius 2 is 2.03 bits per heavy atom. The van der Waals surface area contributed by atoms with Crippen molar-refractivity contribution in [2.45, 2.75) is 38.1 Å². The van der Waals surface area contributed by atoms with Crippen LogP contribution in [0.1, 0.15) is 37.7 Å². The minimum Gasteiger partial charge on any atom is -0.491 e. The number of nitrogens with one attached hydrogen (secondary N) is 3. The van der Waals surface area contributed by atoms with Gasteiger partial charge in [-0.25, -0.2) is 4.98 Å². The van der Waals surface area contributed by atoms with Gasteiger partial charge in [-0.3, -0.25) is 19.8 Å². The highest BCUT2D eigenvalue weighted by molar-refractivity contribution is 6.32. The van der Waals surface area contributed by atoms with Gasteiger partial charge in [-0.1, -0.05) is 11.6 Å². The maximum absolute atomic E-state index is 12.1. The van der Waals surface area contributed by atoms with Crippen molar-refractivity contribution in [3.05, 3.63) is 46.6 Å². The first-order chi connectivity index (χ1) is 18.0. The van der Waals surface area contributed by atoms with Crippen LogP contribution in [0.15, 0.2) is 36.0 Å². The summed E-state index contributed by atoms with van der Waals surface area (Å²) in [6.07, 6.45) is 8.08. The van der Waals surface area contributed by atoms with E-state index in [1.807, 2.05) is 24.3 Å². The Labute approximate surface area is 219 Å². The molecule has 3 aromatic rings. The van der Waals surface area contributed by atoms with Crippen LogP contribution in [0.3, 0.4) is 0 Å². The molecule has 2 aromatic heterocycles. The normalized spacial score (nSPS) is 19.1. The second-order valence-electron chi connectivity index (χ2n) is 9.67. The first kappa shape index (κ1) is 23.7. The van der Waals surface area contributed by atoms with Crippen LogP contribution in [0.2, 0.25) is 5.02 Å². The molecule has 0 spiro atoms. The highest BCUT2D eigenvalue weighted by Gasteiger charge is 2.26. The second-order valence-corrected chi connectivity index (χ2v) is 10.1. The molecule has 4 heterocycles. The number of likely N-dealkylation sites (tertiary alicyclic amines) is 1. The number of nitrogens with zero attached hydrogens (tertiary/aromatic N) is 4. The van der Waals surface area contributed by atoms with Crippen LogP contribution < -0.4 is 20.7 Å². The van der Waals surface area contributed by atoms with Gasteiger partial charge in [0, 0.05) is 35.5 Å². The fourth-order valence-corrected chi connectivity index (χ4v) is 4.86. The molecular formula is C26H28ClN7O3. The van der Waals surface area contributed by atoms with Gasteiger partial charge in [0.15, 0.2) is 5.65 Å². The largest absolute Gasteiger partial charge is 0.491 e. The monoisotopic (exact) mass is 521 g/mol. The molecule has 11 heteroatoms. The molecule has 37 heavy (non-hydrogen) atoms. The average molecular weight is 522 g/mol. The lowest BCUT2D eigenvalue weighted by Gasteiger charge is -2.16. The highest BCUT2D eigenvalue weighted by atomic mass is 35.5. The minimum atomic E-state index is -0.382. The molecule has 2 aliphatic heterocycles. The number of halogens is 1. The Morgan fingerprint density at radius 1 is 1.19 bits per heavy atom. The van der Waals surface area contributed by atoms with Crippen LogP contribution in [0, 0.1) is 0 Å². The Balaban J connectivity index is 1.23. The zero-order chi connectivity index (χ0) is 25.4. The van der Waals surface area contributed by atoms with Crippen molar-refractivity contribution in [3.8, 4) is 5.75 Å². The number of amides is 2. The summed E-state index contributed by atoms with van der Waals surface area (Å²) in [7, 11) is 0. The van der Waals surface area contributed by atoms with E-state index < -0.39 is 0 Å². The highest BCUT2D eigenvalue weighted by Crippen LogP contribution is 2.31. The lowest BCUT2D eigenvalue weighted by atomic mass is 10.1. The SMILES string of the molecule is O=C1C/C(=C\c2cnn3c(NC4CC4)cc(Nc4ccc(OCCN5CCCC5)c(Cl)c4)nc23)C(=O)N1. The summed E-state index contributed by atoms with van der Waals surface area (Å²) in [6.45, 7) is 3.77. The van der Waals surface area contributed by atoms with Gasteiger partial charge < -0.3 is 15.4 Å². The van der Waals surface area contributed by atoms with E-state index in [4.69, 9.17) is 21.3 Å². The van der Waals surface area contributed by atoms with E-state index in [0.29, 0.717) is 46.0 Å². The molecule has 6 rings (SSSR count). The zero-order valence-corrected chi connectivity index (χ0v) is 21.1. The summed E-state index contributed by atoms with van der Waals surface area (Å²) in [4.78, 5) is 30.8. The first-order valence-corrected chi connectivity index (χ1v) is 13.0. The smallest absolute Gasteiger partial charge is 0.254 e. The molecule has 10 nitrogen and oxygen atoms in total. The van der Waals surface area contributed by atoms with E-state index in [2.05, 4.69) is 25.9 Å². The van der Waals surface area contributed by atoms with Crippen LogP contribution in [-0.2, 0) is 9.59 Å². The molecule has 3 N–H and O–H groups in total. The van der Waals surface area contributed by atoms with Crippen LogP contribution >= 0.6 is 11.6 Å². The van der Waals surface area contributed by atoms with E-state index in [-0.39, 0.29) is 18.2 Å². The van der Waals surface area contributed by atoms with E-state index in [9.17, 15) is 9.59 Å². The standard InChI is InChI=1S/C26H28ClN7O3/c27-20-13-19(5-6-21(20)37-10-9-33-7-1-2-8-33)29-22-14-23(30-18-3-4-18)34-25(31-22)17(15-28-34)11-16-12-24(35)32-26(16)36/h5-6,11,13-15,18,30H,1-4,7-10,12H2,(H,29,31)(H,32,35,36)/b16-11+. The summed E-state index contributed by atoms with van der Waals surface area (Å²) < 4.78 is 7.63. The summed E-state index contributed by atoms with van der Waals surface area (Å²) >= 11 is 6.52. The van der Waals surface area contributed by atoms with Gasteiger partial charge in [0.05, 0.1) is 17.6 Å². The Hall–Kier alpha value is -3.63. The van der Waals surface area contributed by atoms with Crippen LogP contribution in [0.5, 0.6) is 5.75 Å². The molecule has 0 atom stereocenters. The topological polar surface area (TPSA) is 113 Å². The number of ether oxygens (including phenoxy) is 1. The summed E-state index contributed by atoms with van der Waals surface area (Å²) in [6, 6.07) is 7.88. The number of imide groups is 1. The summed E-state index contributed by atoms with van der Waals surface area (Å²) in [5.74, 6) is 1.35. The molecule has 0 bridgehead atoms. The fourth-order valence-electron chi connectivity index (χ4n) is 4.63. The van der Waals surface area contributed by atoms with Crippen LogP contribution in [-0.4, -0.2) is 63.6 Å². The van der Waals surface area contributed by atoms with Crippen LogP contribution in [0.4, 0.5) is 17.3 Å². The van der Waals surface area contributed by atoms with Gasteiger partial charge in [-0.15, -0.1) is 0 Å². The van der Waals surface area contributed by atoms with Crippen molar-refractivity contribution in [2.75, 3.05) is 36.9 Å². The minimum absolute atomic E-state index is 0.0479. The molecule has 0 radical (unpaired) electrons. The van der Waals surface area contributed by atoms with Gasteiger partial charge in [0.1, 0.15) is 24.0 Å². The fraction of sp³-hybridized carbons (Fsp3) is 0.385. The van der Waals surface area contributed by atoms with Crippen molar-refractivity contribution in [1.82, 2.24) is 24.8 Å². The predicted octanol–water partition coefficient (Wildman–Crippen LogP) is 3.61. The van der Waals surface area contributed by atoms with Gasteiger partial charge in [-0.2, -0.15) is 9.61 Å². The number of carbonyl (C=O) groups is 2. The Kier molecular flexibility index (Phi) is 6.43. The van der Waals surface area contributed by atoms with Gasteiger partial charge >= 0.3 is 0 Å². The lowest BCUT2D eigenvalue weighted by Crippen LogP contribution is -2.25. The predicted molar refractivity (Wildman–Crippen MR) is 141 cm³/mol. The van der Waals surface area contributed by atoms with Crippen molar-refractivity contribution in [1.29, 1.82) is 0 Å². The van der Waals surface area contributed by atoms with Gasteiger partial charge in [0.25, 0.3) is 5.91 Å². The Morgan fingerprint density at radius 3 is 2.76 bits per heavy atom. The number of rotatable bonds is 9. The quantitative estimate of drug-likeness (QED) is 0.289. The van der Waals surface area contributed by atoms with E-state index in [0.717, 1.165) is 44.0 Å². The number of hydrogen-bond donors (Lipinski definition) is 3. The number of hydrogen-bond acceptors (Lipinski definition) is 8. The molecule has 192 valence electrons. The molecular weight excluding hydrogens is 494 g/mol. The third kappa shape index (κ3) is 5.40. The van der Waals surface area contributed by atoms with E-state index >= 15 is 0 Å². The number of carbonyl (C=O) groups excluding carboxylic acids is 2. The number of fused-ring (bicyclic) bond motifs is 1.